The molecule has 1 amide bonds. The summed E-state index contributed by atoms with van der Waals surface area (Å²) in [6.07, 6.45) is 0.805. The van der Waals surface area contributed by atoms with Gasteiger partial charge in [-0.15, -0.1) is 11.3 Å². The van der Waals surface area contributed by atoms with E-state index in [0.717, 1.165) is 30.0 Å². The molecule has 0 unspecified atom stereocenters. The second-order valence-electron chi connectivity index (χ2n) is 8.48. The number of sulfone groups is 1. The summed E-state index contributed by atoms with van der Waals surface area (Å²) in [6, 6.07) is 6.75. The summed E-state index contributed by atoms with van der Waals surface area (Å²) in [6.45, 7) is 9.14. The lowest BCUT2D eigenvalue weighted by Crippen LogP contribution is -2.35. The second kappa shape index (κ2) is 9.72. The predicted octanol–water partition coefficient (Wildman–Crippen LogP) is 3.66. The first-order valence-corrected chi connectivity index (χ1v) is 13.0. The van der Waals surface area contributed by atoms with Gasteiger partial charge in [-0.25, -0.2) is 13.2 Å². The maximum Gasteiger partial charge on any atom is 0.341 e. The van der Waals surface area contributed by atoms with Crippen LogP contribution in [0.3, 0.4) is 0 Å². The smallest absolute Gasteiger partial charge is 0.341 e. The van der Waals surface area contributed by atoms with Crippen molar-refractivity contribution in [1.29, 1.82) is 0 Å². The molecular weight excluding hydrogens is 448 g/mol. The molecule has 0 atom stereocenters. The van der Waals surface area contributed by atoms with Crippen LogP contribution in [0.5, 0.6) is 0 Å². The average molecular weight is 479 g/mol. The minimum Gasteiger partial charge on any atom is -0.465 e. The topological polar surface area (TPSA) is 92.8 Å². The molecule has 0 aliphatic carbocycles. The minimum atomic E-state index is -3.36. The number of benzene rings is 1. The lowest BCUT2D eigenvalue weighted by Gasteiger charge is -2.30. The van der Waals surface area contributed by atoms with E-state index in [1.807, 2.05) is 0 Å². The SMILES string of the molecule is COC(=O)c1c(NC(=O)Cc2ccc(S(=O)(=O)C(C)C)cc2)sc2c1CCN(C(C)C)C2. The van der Waals surface area contributed by atoms with E-state index in [4.69, 9.17) is 4.74 Å². The van der Waals surface area contributed by atoms with Crippen molar-refractivity contribution < 1.29 is 22.7 Å². The van der Waals surface area contributed by atoms with Gasteiger partial charge in [-0.1, -0.05) is 12.1 Å². The highest BCUT2D eigenvalue weighted by Gasteiger charge is 2.30. The number of ether oxygens (including phenoxy) is 1. The van der Waals surface area contributed by atoms with Crippen LogP contribution in [0.4, 0.5) is 5.00 Å². The van der Waals surface area contributed by atoms with E-state index in [1.54, 1.807) is 26.0 Å². The van der Waals surface area contributed by atoms with Gasteiger partial charge >= 0.3 is 5.97 Å². The molecule has 2 aromatic rings. The summed E-state index contributed by atoms with van der Waals surface area (Å²) < 4.78 is 29.5. The number of fused-ring (bicyclic) bond motifs is 1. The van der Waals surface area contributed by atoms with Crippen molar-refractivity contribution in [2.45, 2.75) is 63.3 Å². The molecule has 1 aromatic carbocycles. The molecule has 174 valence electrons. The number of amides is 1. The zero-order valence-electron chi connectivity index (χ0n) is 19.1. The van der Waals surface area contributed by atoms with Gasteiger partial charge in [-0.2, -0.15) is 0 Å². The number of thiophene rings is 1. The number of carbonyl (C=O) groups is 2. The van der Waals surface area contributed by atoms with Crippen LogP contribution in [0.15, 0.2) is 29.2 Å². The Labute approximate surface area is 193 Å². The van der Waals surface area contributed by atoms with Crippen LogP contribution in [0.2, 0.25) is 0 Å². The van der Waals surface area contributed by atoms with Crippen molar-refractivity contribution in [3.05, 3.63) is 45.8 Å². The molecule has 2 heterocycles. The molecule has 1 aliphatic rings. The standard InChI is InChI=1S/C23H30N2O5S2/c1-14(2)25-11-10-18-19(13-25)31-22(21(18)23(27)30-5)24-20(26)12-16-6-8-17(9-7-16)32(28,29)15(3)4/h6-9,14-15H,10-13H2,1-5H3,(H,24,26). The van der Waals surface area contributed by atoms with Crippen molar-refractivity contribution in [3.8, 4) is 0 Å². The van der Waals surface area contributed by atoms with Crippen molar-refractivity contribution in [2.24, 2.45) is 0 Å². The molecule has 1 N–H and O–H groups in total. The van der Waals surface area contributed by atoms with Crippen LogP contribution in [-0.4, -0.2) is 50.1 Å². The first-order valence-electron chi connectivity index (χ1n) is 10.6. The highest BCUT2D eigenvalue weighted by Crippen LogP contribution is 2.38. The first kappa shape index (κ1) is 24.4. The van der Waals surface area contributed by atoms with Gasteiger partial charge in [0.25, 0.3) is 0 Å². The Morgan fingerprint density at radius 1 is 1.16 bits per heavy atom. The van der Waals surface area contributed by atoms with Crippen LogP contribution in [0, 0.1) is 0 Å². The van der Waals surface area contributed by atoms with E-state index in [0.29, 0.717) is 22.2 Å². The van der Waals surface area contributed by atoms with Gasteiger partial charge in [-0.05, 0) is 57.4 Å². The largest absolute Gasteiger partial charge is 0.465 e. The summed E-state index contributed by atoms with van der Waals surface area (Å²) in [5, 5.41) is 2.88. The normalized spacial score (nSPS) is 14.5. The van der Waals surface area contributed by atoms with Gasteiger partial charge in [0.2, 0.25) is 5.91 Å². The van der Waals surface area contributed by atoms with Crippen molar-refractivity contribution >= 4 is 38.1 Å². The minimum absolute atomic E-state index is 0.0727. The zero-order valence-corrected chi connectivity index (χ0v) is 20.7. The monoisotopic (exact) mass is 478 g/mol. The molecule has 0 spiro atoms. The molecule has 9 heteroatoms. The van der Waals surface area contributed by atoms with E-state index in [1.165, 1.54) is 30.6 Å². The Morgan fingerprint density at radius 2 is 1.81 bits per heavy atom. The van der Waals surface area contributed by atoms with E-state index < -0.39 is 21.1 Å². The molecule has 0 saturated heterocycles. The number of methoxy groups -OCH3 is 1. The van der Waals surface area contributed by atoms with E-state index in [-0.39, 0.29) is 17.2 Å². The molecule has 32 heavy (non-hydrogen) atoms. The number of carbonyl (C=O) groups excluding carboxylic acids is 2. The maximum atomic E-state index is 12.7. The molecule has 1 aromatic heterocycles. The highest BCUT2D eigenvalue weighted by atomic mass is 32.2. The molecule has 3 rings (SSSR count). The Hall–Kier alpha value is -2.23. The summed E-state index contributed by atoms with van der Waals surface area (Å²) in [5.74, 6) is -0.715. The quantitative estimate of drug-likeness (QED) is 0.611. The van der Waals surface area contributed by atoms with E-state index in [9.17, 15) is 18.0 Å². The number of hydrogen-bond acceptors (Lipinski definition) is 7. The summed E-state index contributed by atoms with van der Waals surface area (Å²) in [4.78, 5) is 28.9. The van der Waals surface area contributed by atoms with E-state index in [2.05, 4.69) is 24.1 Å². The van der Waals surface area contributed by atoms with Crippen molar-refractivity contribution in [3.63, 3.8) is 0 Å². The average Bonchev–Trinajstić information content (AvgIpc) is 3.10. The molecule has 7 nitrogen and oxygen atoms in total. The first-order chi connectivity index (χ1) is 15.0. The van der Waals surface area contributed by atoms with Crippen molar-refractivity contribution in [2.75, 3.05) is 19.0 Å². The number of hydrogen-bond donors (Lipinski definition) is 1. The van der Waals surface area contributed by atoms with Gasteiger partial charge in [0.15, 0.2) is 9.84 Å². The van der Waals surface area contributed by atoms with Crippen LogP contribution < -0.4 is 5.32 Å². The Balaban J connectivity index is 1.78. The van der Waals surface area contributed by atoms with Crippen molar-refractivity contribution in [1.82, 2.24) is 4.90 Å². The zero-order chi connectivity index (χ0) is 23.6. The number of nitrogens with one attached hydrogen (secondary N) is 1. The second-order valence-corrected chi connectivity index (χ2v) is 12.1. The fraction of sp³-hybridized carbons (Fsp3) is 0.478. The summed E-state index contributed by atoms with van der Waals surface area (Å²) in [7, 11) is -2.01. The Bertz CT molecular complexity index is 1100. The van der Waals surface area contributed by atoms with Crippen LogP contribution >= 0.6 is 11.3 Å². The Morgan fingerprint density at radius 3 is 2.38 bits per heavy atom. The predicted molar refractivity (Wildman–Crippen MR) is 126 cm³/mol. The fourth-order valence-electron chi connectivity index (χ4n) is 3.70. The molecule has 0 radical (unpaired) electrons. The van der Waals surface area contributed by atoms with Gasteiger partial charge in [0.05, 0.1) is 29.2 Å². The number of esters is 1. The van der Waals surface area contributed by atoms with Crippen LogP contribution in [-0.2, 0) is 38.8 Å². The third kappa shape index (κ3) is 5.05. The fourth-order valence-corrected chi connectivity index (χ4v) is 6.03. The van der Waals surface area contributed by atoms with Crippen LogP contribution in [0.1, 0.15) is 54.1 Å². The Kier molecular flexibility index (Phi) is 7.42. The van der Waals surface area contributed by atoms with Gasteiger partial charge in [-0.3, -0.25) is 9.69 Å². The highest BCUT2D eigenvalue weighted by molar-refractivity contribution is 7.92. The number of anilines is 1. The summed E-state index contributed by atoms with van der Waals surface area (Å²) >= 11 is 1.42. The lowest BCUT2D eigenvalue weighted by molar-refractivity contribution is -0.115. The van der Waals surface area contributed by atoms with Crippen LogP contribution in [0.25, 0.3) is 0 Å². The van der Waals surface area contributed by atoms with Gasteiger partial charge in [0, 0.05) is 24.0 Å². The summed E-state index contributed by atoms with van der Waals surface area (Å²) in [5.41, 5.74) is 2.09. The lowest BCUT2D eigenvalue weighted by atomic mass is 10.0. The van der Waals surface area contributed by atoms with Gasteiger partial charge < -0.3 is 10.1 Å². The molecule has 0 saturated carbocycles. The third-order valence-electron chi connectivity index (χ3n) is 5.70. The van der Waals surface area contributed by atoms with Gasteiger partial charge in [0.1, 0.15) is 5.00 Å². The molecule has 0 bridgehead atoms. The van der Waals surface area contributed by atoms with E-state index >= 15 is 0 Å². The number of rotatable bonds is 7. The number of nitrogens with zero attached hydrogens (tertiary/aromatic N) is 1. The molecule has 0 fully saturated rings. The maximum absolute atomic E-state index is 12.7. The molecule has 1 aliphatic heterocycles. The molecular formula is C23H30N2O5S2. The third-order valence-corrected chi connectivity index (χ3v) is 9.00.